The van der Waals surface area contributed by atoms with E-state index >= 15 is 0 Å². The van der Waals surface area contributed by atoms with Gasteiger partial charge in [0.05, 0.1) is 10.6 Å². The molecule has 0 aliphatic carbocycles. The van der Waals surface area contributed by atoms with E-state index in [1.807, 2.05) is 13.0 Å². The Hall–Kier alpha value is -4.18. The first-order valence-corrected chi connectivity index (χ1v) is 12.6. The van der Waals surface area contributed by atoms with Crippen LogP contribution in [-0.2, 0) is 21.4 Å². The van der Waals surface area contributed by atoms with E-state index in [2.05, 4.69) is 16.0 Å². The van der Waals surface area contributed by atoms with Crippen molar-refractivity contribution < 1.29 is 22.8 Å². The number of aldehydes is 1. The lowest BCUT2D eigenvalue weighted by Crippen LogP contribution is -2.41. The molecule has 0 saturated carbocycles. The van der Waals surface area contributed by atoms with E-state index in [0.29, 0.717) is 22.5 Å². The highest BCUT2D eigenvalue weighted by molar-refractivity contribution is 7.92. The van der Waals surface area contributed by atoms with Crippen molar-refractivity contribution in [3.63, 3.8) is 0 Å². The molecule has 0 radical (unpaired) electrons. The van der Waals surface area contributed by atoms with Crippen LogP contribution in [0.2, 0.25) is 0 Å². The van der Waals surface area contributed by atoms with Crippen molar-refractivity contribution in [2.24, 2.45) is 0 Å². The molecule has 36 heavy (non-hydrogen) atoms. The maximum atomic E-state index is 13.7. The molecular formula is C26H28N4O5S. The van der Waals surface area contributed by atoms with E-state index in [-0.39, 0.29) is 11.4 Å². The predicted molar refractivity (Wildman–Crippen MR) is 139 cm³/mol. The van der Waals surface area contributed by atoms with Gasteiger partial charge in [-0.15, -0.1) is 0 Å². The third-order valence-corrected chi connectivity index (χ3v) is 7.41. The normalized spacial score (nSPS) is 10.9. The van der Waals surface area contributed by atoms with E-state index in [1.165, 1.54) is 31.3 Å². The number of hydrogen-bond donors (Lipinski definition) is 3. The van der Waals surface area contributed by atoms with Crippen LogP contribution in [0.3, 0.4) is 0 Å². The summed E-state index contributed by atoms with van der Waals surface area (Å²) in [6.45, 7) is 3.36. The van der Waals surface area contributed by atoms with Gasteiger partial charge in [0.15, 0.2) is 0 Å². The van der Waals surface area contributed by atoms with Crippen molar-refractivity contribution in [2.45, 2.75) is 25.3 Å². The lowest BCUT2D eigenvalue weighted by molar-refractivity contribution is -0.119. The Morgan fingerprint density at radius 2 is 1.67 bits per heavy atom. The third kappa shape index (κ3) is 6.28. The lowest BCUT2D eigenvalue weighted by atomic mass is 10.1. The first-order valence-electron chi connectivity index (χ1n) is 11.1. The molecule has 0 aromatic heterocycles. The number of urea groups is 1. The smallest absolute Gasteiger partial charge is 0.318 e. The Bertz CT molecular complexity index is 1370. The van der Waals surface area contributed by atoms with E-state index in [9.17, 15) is 22.8 Å². The number of nitrogens with zero attached hydrogens (tertiary/aromatic N) is 1. The van der Waals surface area contributed by atoms with Crippen molar-refractivity contribution in [2.75, 3.05) is 23.2 Å². The molecule has 3 amide bonds. The zero-order valence-electron chi connectivity index (χ0n) is 20.2. The highest BCUT2D eigenvalue weighted by Gasteiger charge is 2.28. The molecule has 0 spiro atoms. The number of nitrogens with one attached hydrogen (secondary N) is 3. The zero-order chi connectivity index (χ0) is 26.3. The summed E-state index contributed by atoms with van der Waals surface area (Å²) >= 11 is 0. The van der Waals surface area contributed by atoms with Crippen LogP contribution in [0.4, 0.5) is 16.2 Å². The van der Waals surface area contributed by atoms with Crippen molar-refractivity contribution >= 4 is 39.6 Å². The summed E-state index contributed by atoms with van der Waals surface area (Å²) < 4.78 is 28.5. The van der Waals surface area contributed by atoms with Crippen LogP contribution >= 0.6 is 0 Å². The van der Waals surface area contributed by atoms with Crippen LogP contribution in [0, 0.1) is 13.8 Å². The molecule has 0 saturated heterocycles. The van der Waals surface area contributed by atoms with E-state index in [1.54, 1.807) is 43.3 Å². The maximum absolute atomic E-state index is 13.7. The number of benzene rings is 3. The monoisotopic (exact) mass is 508 g/mol. The molecule has 3 rings (SSSR count). The number of hydrogen-bond acceptors (Lipinski definition) is 5. The molecular weight excluding hydrogens is 480 g/mol. The van der Waals surface area contributed by atoms with Gasteiger partial charge < -0.3 is 16.0 Å². The fraction of sp³-hybridized carbons (Fsp3) is 0.192. The van der Waals surface area contributed by atoms with Crippen molar-refractivity contribution in [1.29, 1.82) is 0 Å². The van der Waals surface area contributed by atoms with E-state index < -0.39 is 28.5 Å². The summed E-state index contributed by atoms with van der Waals surface area (Å²) in [5.41, 5.74) is 3.61. The van der Waals surface area contributed by atoms with Gasteiger partial charge in [-0.3, -0.25) is 13.9 Å². The number of carbonyl (C=O) groups is 3. The summed E-state index contributed by atoms with van der Waals surface area (Å²) in [7, 11) is -2.66. The van der Waals surface area contributed by atoms with Crippen LogP contribution < -0.4 is 20.3 Å². The summed E-state index contributed by atoms with van der Waals surface area (Å²) in [6.07, 6.45) is 0.718. The fourth-order valence-corrected chi connectivity index (χ4v) is 4.98. The zero-order valence-corrected chi connectivity index (χ0v) is 21.1. The van der Waals surface area contributed by atoms with Crippen LogP contribution in [0.25, 0.3) is 0 Å². The Kier molecular flexibility index (Phi) is 8.44. The molecule has 10 heteroatoms. The van der Waals surface area contributed by atoms with Crippen molar-refractivity contribution in [1.82, 2.24) is 10.6 Å². The Morgan fingerprint density at radius 3 is 2.33 bits per heavy atom. The molecule has 188 valence electrons. The topological polar surface area (TPSA) is 125 Å². The number of amides is 3. The fourth-order valence-electron chi connectivity index (χ4n) is 3.50. The molecule has 0 unspecified atom stereocenters. The minimum Gasteiger partial charge on any atom is -0.350 e. The van der Waals surface area contributed by atoms with Gasteiger partial charge in [-0.05, 0) is 66.9 Å². The minimum atomic E-state index is -4.14. The van der Waals surface area contributed by atoms with Gasteiger partial charge in [-0.25, -0.2) is 13.2 Å². The molecule has 0 aliphatic heterocycles. The van der Waals surface area contributed by atoms with E-state index in [0.717, 1.165) is 21.7 Å². The largest absolute Gasteiger partial charge is 0.350 e. The SMILES string of the molecule is CNC(=O)Nc1ccc(S(=O)(=O)N(CC(=O)NCc2cccc(C=O)c2)c2cccc(C)c2C)cc1. The Balaban J connectivity index is 1.89. The van der Waals surface area contributed by atoms with Crippen LogP contribution in [0.1, 0.15) is 27.0 Å². The molecule has 3 aromatic rings. The lowest BCUT2D eigenvalue weighted by Gasteiger charge is -2.26. The first kappa shape index (κ1) is 26.4. The van der Waals surface area contributed by atoms with Gasteiger partial charge in [0.2, 0.25) is 5.91 Å². The second kappa shape index (κ2) is 11.5. The Labute approximate surface area is 210 Å². The van der Waals surface area contributed by atoms with Gasteiger partial charge >= 0.3 is 6.03 Å². The number of sulfonamides is 1. The van der Waals surface area contributed by atoms with E-state index in [4.69, 9.17) is 0 Å². The second-order valence-corrected chi connectivity index (χ2v) is 9.96. The van der Waals surface area contributed by atoms with Crippen LogP contribution in [0.15, 0.2) is 71.6 Å². The number of aryl methyl sites for hydroxylation is 1. The average Bonchev–Trinajstić information content (AvgIpc) is 2.88. The summed E-state index contributed by atoms with van der Waals surface area (Å²) in [6, 6.07) is 17.3. The summed E-state index contributed by atoms with van der Waals surface area (Å²) in [5, 5.41) is 7.73. The van der Waals surface area contributed by atoms with Crippen molar-refractivity contribution in [3.05, 3.63) is 89.0 Å². The summed E-state index contributed by atoms with van der Waals surface area (Å²) in [5.74, 6) is -0.506. The molecule has 9 nitrogen and oxygen atoms in total. The molecule has 0 bridgehead atoms. The number of carbonyl (C=O) groups excluding carboxylic acids is 3. The predicted octanol–water partition coefficient (Wildman–Crippen LogP) is 3.38. The molecule has 3 N–H and O–H groups in total. The molecule has 0 heterocycles. The minimum absolute atomic E-state index is 0.0302. The van der Waals surface area contributed by atoms with Crippen LogP contribution in [0.5, 0.6) is 0 Å². The van der Waals surface area contributed by atoms with Gasteiger partial charge in [-0.1, -0.05) is 30.3 Å². The van der Waals surface area contributed by atoms with Crippen LogP contribution in [-0.4, -0.2) is 40.2 Å². The first-order chi connectivity index (χ1) is 17.1. The number of rotatable bonds is 9. The summed E-state index contributed by atoms with van der Waals surface area (Å²) in [4.78, 5) is 35.4. The number of anilines is 2. The van der Waals surface area contributed by atoms with Gasteiger partial charge in [-0.2, -0.15) is 0 Å². The molecule has 0 aliphatic rings. The Morgan fingerprint density at radius 1 is 0.972 bits per heavy atom. The van der Waals surface area contributed by atoms with Gasteiger partial charge in [0, 0.05) is 24.8 Å². The highest BCUT2D eigenvalue weighted by Crippen LogP contribution is 2.29. The highest BCUT2D eigenvalue weighted by atomic mass is 32.2. The molecule has 0 atom stereocenters. The molecule has 0 fully saturated rings. The standard InChI is InChI=1S/C26H28N4O5S/c1-18-6-4-9-24(19(18)2)30(16-25(32)28-15-20-7-5-8-21(14-20)17-31)36(34,35)23-12-10-22(11-13-23)29-26(33)27-3/h4-14,17H,15-16H2,1-3H3,(H,28,32)(H2,27,29,33). The molecule has 3 aromatic carbocycles. The third-order valence-electron chi connectivity index (χ3n) is 5.64. The van der Waals surface area contributed by atoms with Crippen molar-refractivity contribution in [3.8, 4) is 0 Å². The average molecular weight is 509 g/mol. The van der Waals surface area contributed by atoms with Gasteiger partial charge in [0.1, 0.15) is 12.8 Å². The maximum Gasteiger partial charge on any atom is 0.318 e. The van der Waals surface area contributed by atoms with Gasteiger partial charge in [0.25, 0.3) is 10.0 Å². The quantitative estimate of drug-likeness (QED) is 0.382. The second-order valence-electron chi connectivity index (χ2n) is 8.10.